The molecule has 0 aliphatic heterocycles. The van der Waals surface area contributed by atoms with Gasteiger partial charge in [0.05, 0.1) is 11.0 Å². The third-order valence-electron chi connectivity index (χ3n) is 14.0. The summed E-state index contributed by atoms with van der Waals surface area (Å²) in [6.45, 7) is 0. The Kier molecular flexibility index (Phi) is 7.97. The van der Waals surface area contributed by atoms with E-state index < -0.39 is 0 Å². The van der Waals surface area contributed by atoms with Gasteiger partial charge in [0, 0.05) is 54.7 Å². The molecule has 69 heavy (non-hydrogen) atoms. The van der Waals surface area contributed by atoms with Crippen LogP contribution in [-0.2, 0) is 0 Å². The zero-order valence-corrected chi connectivity index (χ0v) is 36.9. The highest BCUT2D eigenvalue weighted by Crippen LogP contribution is 2.43. The van der Waals surface area contributed by atoms with Crippen molar-refractivity contribution in [3.05, 3.63) is 218 Å². The number of para-hydroxylation sites is 1. The molecule has 0 aliphatic rings. The summed E-state index contributed by atoms with van der Waals surface area (Å²) in [5.41, 5.74) is 11.4. The Labute approximate surface area is 394 Å². The first-order valence-electron chi connectivity index (χ1n) is 23.2. The molecular formula is C63H36N4O2. The number of hydrogen-bond donors (Lipinski definition) is 0. The minimum Gasteiger partial charge on any atom is -0.456 e. The largest absolute Gasteiger partial charge is 0.456 e. The molecule has 0 fully saturated rings. The molecule has 15 rings (SSSR count). The summed E-state index contributed by atoms with van der Waals surface area (Å²) in [4.78, 5) is 16.0. The SMILES string of the molecule is c1ccc(-c2ccc(-c3nc(-c4cccc5oc6ccccc6c45)nc(-c4cccc5oc6ccc7ccc(-n8c9cc%10ccccc%10cc9c9cc%10ccccc%10cc98)cc7c6c45)n3)cc2)cc1. The summed E-state index contributed by atoms with van der Waals surface area (Å²) in [6.07, 6.45) is 0. The van der Waals surface area contributed by atoms with Crippen LogP contribution in [0.1, 0.15) is 0 Å². The molecular weight excluding hydrogens is 845 g/mol. The maximum Gasteiger partial charge on any atom is 0.164 e. The van der Waals surface area contributed by atoms with Crippen molar-refractivity contribution in [2.24, 2.45) is 0 Å². The molecule has 0 amide bonds. The van der Waals surface area contributed by atoms with E-state index in [1.807, 2.05) is 48.5 Å². The van der Waals surface area contributed by atoms with Crippen molar-refractivity contribution in [2.75, 3.05) is 0 Å². The quantitative estimate of drug-likeness (QED) is 0.172. The first-order valence-corrected chi connectivity index (χ1v) is 23.2. The zero-order chi connectivity index (χ0) is 45.2. The molecule has 0 saturated carbocycles. The molecule has 6 nitrogen and oxygen atoms in total. The number of benzene rings is 11. The highest BCUT2D eigenvalue weighted by atomic mass is 16.3. The standard InChI is InChI=1S/C63H36N4O2/c1-2-12-37(13-3-1)38-24-26-40(27-25-38)61-64-62(47-19-10-22-55-58(47)46-18-8-9-21-54(46)68-55)66-63(65-61)48-20-11-23-56-59(48)60-49-36-45(30-28-39(49)29-31-57(60)69-56)67-52-34-43-16-6-4-14-41(43)32-50(52)51-33-42-15-5-7-17-44(42)35-53(51)67/h1-36H. The van der Waals surface area contributed by atoms with E-state index in [4.69, 9.17) is 23.8 Å². The second-order valence-electron chi connectivity index (χ2n) is 17.9. The summed E-state index contributed by atoms with van der Waals surface area (Å²) >= 11 is 0. The number of furan rings is 2. The van der Waals surface area contributed by atoms with Crippen LogP contribution in [0, 0.1) is 0 Å². The molecule has 4 heterocycles. The minimum absolute atomic E-state index is 0.551. The minimum atomic E-state index is 0.551. The monoisotopic (exact) mass is 880 g/mol. The first kappa shape index (κ1) is 37.8. The number of aromatic nitrogens is 4. The van der Waals surface area contributed by atoms with E-state index >= 15 is 0 Å². The third-order valence-corrected chi connectivity index (χ3v) is 14.0. The molecule has 15 aromatic rings. The molecule has 11 aromatic carbocycles. The molecule has 0 bridgehead atoms. The van der Waals surface area contributed by atoms with Gasteiger partial charge in [-0.05, 0) is 104 Å². The lowest BCUT2D eigenvalue weighted by Crippen LogP contribution is -2.01. The Morgan fingerprint density at radius 3 is 1.49 bits per heavy atom. The summed E-state index contributed by atoms with van der Waals surface area (Å²) in [7, 11) is 0. The molecule has 0 unspecified atom stereocenters. The maximum absolute atomic E-state index is 6.78. The van der Waals surface area contributed by atoms with E-state index in [1.165, 1.54) is 32.3 Å². The van der Waals surface area contributed by atoms with E-state index in [-0.39, 0.29) is 0 Å². The summed E-state index contributed by atoms with van der Waals surface area (Å²) in [5, 5.41) is 13.4. The maximum atomic E-state index is 6.78. The Bertz CT molecular complexity index is 4510. The average molecular weight is 881 g/mol. The van der Waals surface area contributed by atoms with Gasteiger partial charge in [-0.25, -0.2) is 15.0 Å². The van der Waals surface area contributed by atoms with Gasteiger partial charge in [0.1, 0.15) is 22.3 Å². The van der Waals surface area contributed by atoms with Gasteiger partial charge >= 0.3 is 0 Å². The van der Waals surface area contributed by atoms with Gasteiger partial charge in [-0.2, -0.15) is 0 Å². The van der Waals surface area contributed by atoms with Crippen LogP contribution < -0.4 is 0 Å². The van der Waals surface area contributed by atoms with E-state index in [0.717, 1.165) is 99.2 Å². The molecule has 6 heteroatoms. The van der Waals surface area contributed by atoms with E-state index in [9.17, 15) is 0 Å². The van der Waals surface area contributed by atoms with Gasteiger partial charge < -0.3 is 13.4 Å². The molecule has 0 aliphatic carbocycles. The van der Waals surface area contributed by atoms with E-state index in [2.05, 4.69) is 174 Å². The second kappa shape index (κ2) is 14.6. The average Bonchev–Trinajstić information content (AvgIpc) is 4.09. The summed E-state index contributed by atoms with van der Waals surface area (Å²) in [6, 6.07) is 77.0. The fraction of sp³-hybridized carbons (Fsp3) is 0. The van der Waals surface area contributed by atoms with E-state index in [0.29, 0.717) is 17.5 Å². The third kappa shape index (κ3) is 5.82. The highest BCUT2D eigenvalue weighted by molar-refractivity contribution is 6.23. The fourth-order valence-electron chi connectivity index (χ4n) is 10.8. The first-order chi connectivity index (χ1) is 34.2. The predicted molar refractivity (Wildman–Crippen MR) is 283 cm³/mol. The summed E-state index contributed by atoms with van der Waals surface area (Å²) in [5.74, 6) is 1.68. The van der Waals surface area contributed by atoms with Crippen molar-refractivity contribution >= 4 is 98.0 Å². The van der Waals surface area contributed by atoms with Crippen molar-refractivity contribution in [1.29, 1.82) is 0 Å². The normalized spacial score (nSPS) is 12.1. The number of rotatable bonds is 5. The smallest absolute Gasteiger partial charge is 0.164 e. The Hall–Kier alpha value is -9.39. The van der Waals surface area contributed by atoms with Crippen molar-refractivity contribution in [3.8, 4) is 51.0 Å². The van der Waals surface area contributed by atoms with Crippen LogP contribution >= 0.6 is 0 Å². The van der Waals surface area contributed by atoms with Crippen molar-refractivity contribution < 1.29 is 8.83 Å². The number of hydrogen-bond acceptors (Lipinski definition) is 5. The highest BCUT2D eigenvalue weighted by Gasteiger charge is 2.23. The zero-order valence-electron chi connectivity index (χ0n) is 36.9. The summed E-state index contributed by atoms with van der Waals surface area (Å²) < 4.78 is 15.6. The number of fused-ring (bicyclic) bond motifs is 13. The Morgan fingerprint density at radius 1 is 0.290 bits per heavy atom. The van der Waals surface area contributed by atoms with Gasteiger partial charge in [-0.1, -0.05) is 158 Å². The topological polar surface area (TPSA) is 69.9 Å². The Balaban J connectivity index is 0.982. The lowest BCUT2D eigenvalue weighted by molar-refractivity contribution is 0.668. The van der Waals surface area contributed by atoms with Crippen molar-refractivity contribution in [1.82, 2.24) is 19.5 Å². The van der Waals surface area contributed by atoms with E-state index in [1.54, 1.807) is 0 Å². The molecule has 4 aromatic heterocycles. The van der Waals surface area contributed by atoms with Crippen LogP contribution in [0.3, 0.4) is 0 Å². The van der Waals surface area contributed by atoms with Gasteiger partial charge in [0.25, 0.3) is 0 Å². The molecule has 0 saturated heterocycles. The van der Waals surface area contributed by atoms with Crippen LogP contribution in [0.4, 0.5) is 0 Å². The van der Waals surface area contributed by atoms with Gasteiger partial charge in [0.2, 0.25) is 0 Å². The molecule has 0 atom stereocenters. The molecule has 0 N–H and O–H groups in total. The molecule has 0 spiro atoms. The van der Waals surface area contributed by atoms with Crippen molar-refractivity contribution in [2.45, 2.75) is 0 Å². The van der Waals surface area contributed by atoms with Crippen LogP contribution in [-0.4, -0.2) is 19.5 Å². The van der Waals surface area contributed by atoms with Gasteiger partial charge in [0.15, 0.2) is 17.5 Å². The second-order valence-corrected chi connectivity index (χ2v) is 17.9. The van der Waals surface area contributed by atoms with Gasteiger partial charge in [-0.15, -0.1) is 0 Å². The Morgan fingerprint density at radius 2 is 0.797 bits per heavy atom. The lowest BCUT2D eigenvalue weighted by atomic mass is 9.99. The molecule has 0 radical (unpaired) electrons. The van der Waals surface area contributed by atoms with Crippen LogP contribution in [0.5, 0.6) is 0 Å². The van der Waals surface area contributed by atoms with Gasteiger partial charge in [-0.3, -0.25) is 0 Å². The lowest BCUT2D eigenvalue weighted by Gasteiger charge is -2.12. The number of nitrogens with zero attached hydrogens (tertiary/aromatic N) is 4. The van der Waals surface area contributed by atoms with Crippen LogP contribution in [0.2, 0.25) is 0 Å². The molecule has 320 valence electrons. The van der Waals surface area contributed by atoms with Crippen LogP contribution in [0.15, 0.2) is 227 Å². The van der Waals surface area contributed by atoms with Crippen molar-refractivity contribution in [3.63, 3.8) is 0 Å². The predicted octanol–water partition coefficient (Wildman–Crippen LogP) is 16.9. The fourth-order valence-corrected chi connectivity index (χ4v) is 10.8. The van der Waals surface area contributed by atoms with Crippen LogP contribution in [0.25, 0.3) is 149 Å².